The van der Waals surface area contributed by atoms with Crippen LogP contribution in [0.4, 0.5) is 18.9 Å². The van der Waals surface area contributed by atoms with E-state index >= 15 is 4.39 Å². The Morgan fingerprint density at radius 2 is 1.65 bits per heavy atom. The summed E-state index contributed by atoms with van der Waals surface area (Å²) in [5.41, 5.74) is -0.298. The molecule has 2 aliphatic heterocycles. The molecule has 55 heavy (non-hydrogen) atoms. The molecule has 2 fully saturated rings. The third-order valence-corrected chi connectivity index (χ3v) is 9.98. The molecule has 4 heterocycles. The lowest BCUT2D eigenvalue weighted by Crippen LogP contribution is -2.57. The van der Waals surface area contributed by atoms with Gasteiger partial charge in [0.1, 0.15) is 35.0 Å². The van der Waals surface area contributed by atoms with E-state index in [0.717, 1.165) is 25.0 Å². The van der Waals surface area contributed by atoms with E-state index in [2.05, 4.69) is 20.3 Å². The first-order chi connectivity index (χ1) is 26.2. The molecular formula is C39H42F2N6O7S. The van der Waals surface area contributed by atoms with Gasteiger partial charge < -0.3 is 24.8 Å². The number of ether oxygens (including phenoxy) is 2. The average Bonchev–Trinajstić information content (AvgIpc) is 3.42. The Balaban J connectivity index is 0.00000253. The average molecular weight is 777 g/mol. The number of aromatic nitrogens is 3. The molecule has 2 unspecified atom stereocenters. The number of phenols is 1. The van der Waals surface area contributed by atoms with Crippen LogP contribution in [-0.2, 0) is 15.0 Å². The summed E-state index contributed by atoms with van der Waals surface area (Å²) in [5, 5.41) is 14.8. The van der Waals surface area contributed by atoms with Gasteiger partial charge in [-0.15, -0.1) is 3.89 Å². The summed E-state index contributed by atoms with van der Waals surface area (Å²) in [4.78, 5) is 42.6. The van der Waals surface area contributed by atoms with Crippen LogP contribution >= 0.6 is 0 Å². The lowest BCUT2D eigenvalue weighted by Gasteiger charge is -2.42. The van der Waals surface area contributed by atoms with Gasteiger partial charge in [-0.05, 0) is 80.8 Å². The van der Waals surface area contributed by atoms with E-state index in [1.165, 1.54) is 24.4 Å². The number of aromatic hydroxyl groups is 1. The van der Waals surface area contributed by atoms with Crippen LogP contribution in [0, 0.1) is 5.82 Å². The van der Waals surface area contributed by atoms with Crippen molar-refractivity contribution in [1.82, 2.24) is 25.2 Å². The highest BCUT2D eigenvalue weighted by molar-refractivity contribution is 7.86. The number of halogens is 2. The summed E-state index contributed by atoms with van der Waals surface area (Å²) in [6.45, 7) is 10.1. The summed E-state index contributed by atoms with van der Waals surface area (Å²) in [6, 6.07) is 14.1. The molecular weight excluding hydrogens is 735 g/mol. The molecule has 2 aromatic heterocycles. The lowest BCUT2D eigenvalue weighted by molar-refractivity contribution is 0.0122. The first-order valence-electron chi connectivity index (χ1n) is 18.0. The summed E-state index contributed by atoms with van der Waals surface area (Å²) in [5.74, 6) is -1.02. The number of carbonyl (C=O) groups excluding carboxylic acids is 2. The van der Waals surface area contributed by atoms with Crippen molar-refractivity contribution in [3.05, 3.63) is 78.2 Å². The van der Waals surface area contributed by atoms with Crippen molar-refractivity contribution in [3.63, 3.8) is 0 Å². The van der Waals surface area contributed by atoms with Gasteiger partial charge in [0.15, 0.2) is 5.82 Å². The molecule has 2 atom stereocenters. The number of anilines is 1. The maximum Gasteiger partial charge on any atom is 0.410 e. The molecule has 0 spiro atoms. The lowest BCUT2D eigenvalue weighted by atomic mass is 10.00. The van der Waals surface area contributed by atoms with Crippen LogP contribution in [0.2, 0.25) is 0 Å². The fourth-order valence-electron chi connectivity index (χ4n) is 6.87. The molecule has 0 aliphatic carbocycles. The molecule has 3 aromatic carbocycles. The minimum atomic E-state index is -4.91. The zero-order chi connectivity index (χ0) is 39.7. The van der Waals surface area contributed by atoms with E-state index in [0.29, 0.717) is 40.6 Å². The Hall–Kier alpha value is -5.64. The third-order valence-electron chi connectivity index (χ3n) is 9.15. The fourth-order valence-corrected chi connectivity index (χ4v) is 7.33. The number of benzene rings is 3. The summed E-state index contributed by atoms with van der Waals surface area (Å²) in [7, 11) is -4.91. The van der Waals surface area contributed by atoms with Crippen LogP contribution in [0.25, 0.3) is 32.9 Å². The predicted molar refractivity (Wildman–Crippen MR) is 203 cm³/mol. The molecule has 2 aliphatic rings. The van der Waals surface area contributed by atoms with Crippen molar-refractivity contribution in [2.24, 2.45) is 0 Å². The van der Waals surface area contributed by atoms with Crippen molar-refractivity contribution in [2.75, 3.05) is 31.1 Å². The Labute approximate surface area is 317 Å². The Morgan fingerprint density at radius 1 is 0.982 bits per heavy atom. The van der Waals surface area contributed by atoms with E-state index in [1.54, 1.807) is 23.1 Å². The smallest absolute Gasteiger partial charge is 0.410 e. The van der Waals surface area contributed by atoms with Gasteiger partial charge in [-0.2, -0.15) is 18.4 Å². The first-order valence-corrected chi connectivity index (χ1v) is 19.3. The van der Waals surface area contributed by atoms with Crippen molar-refractivity contribution >= 4 is 49.7 Å². The van der Waals surface area contributed by atoms with E-state index in [4.69, 9.17) is 9.47 Å². The van der Waals surface area contributed by atoms with E-state index < -0.39 is 32.4 Å². The van der Waals surface area contributed by atoms with Crippen molar-refractivity contribution < 1.29 is 40.9 Å². The van der Waals surface area contributed by atoms with Crippen LogP contribution < -0.4 is 15.0 Å². The highest BCUT2D eigenvalue weighted by atomic mass is 32.3. The second-order valence-electron chi connectivity index (χ2n) is 14.0. The van der Waals surface area contributed by atoms with Gasteiger partial charge in [0.2, 0.25) is 0 Å². The van der Waals surface area contributed by atoms with Gasteiger partial charge >= 0.3 is 22.3 Å². The molecule has 290 valence electrons. The molecule has 5 aromatic rings. The number of carbonyl (C=O) groups is 2. The molecule has 2 saturated heterocycles. The highest BCUT2D eigenvalue weighted by Crippen LogP contribution is 2.39. The number of hydrogen-bond acceptors (Lipinski definition) is 11. The van der Waals surface area contributed by atoms with Gasteiger partial charge in [0.05, 0.1) is 28.9 Å². The number of phenolic OH excluding ortho intramolecular Hbond substituents is 1. The minimum Gasteiger partial charge on any atom is -0.508 e. The normalized spacial score (nSPS) is 16.8. The van der Waals surface area contributed by atoms with Gasteiger partial charge in [0, 0.05) is 30.4 Å². The number of rotatable bonds is 8. The number of hydrogen-bond donors (Lipinski definition) is 2. The zero-order valence-electron chi connectivity index (χ0n) is 31.0. The van der Waals surface area contributed by atoms with Gasteiger partial charge in [-0.3, -0.25) is 14.7 Å². The molecule has 16 heteroatoms. The number of piperazine rings is 1. The Bertz CT molecular complexity index is 2340. The van der Waals surface area contributed by atoms with Crippen molar-refractivity contribution in [3.8, 4) is 23.0 Å². The minimum absolute atomic E-state index is 0.0310. The van der Waals surface area contributed by atoms with Crippen LogP contribution in [-0.4, -0.2) is 89.3 Å². The van der Waals surface area contributed by atoms with Gasteiger partial charge in [0.25, 0.3) is 5.91 Å². The highest BCUT2D eigenvalue weighted by Gasteiger charge is 2.45. The molecule has 0 saturated carbocycles. The molecule has 2 amide bonds. The maximum atomic E-state index is 16.7. The molecule has 0 radical (unpaired) electrons. The van der Waals surface area contributed by atoms with E-state index in [-0.39, 0.29) is 59.9 Å². The van der Waals surface area contributed by atoms with Crippen molar-refractivity contribution in [2.45, 2.75) is 70.0 Å². The molecule has 7 rings (SSSR count). The fraction of sp³-hybridized carbons (Fsp3) is 0.359. The monoisotopic (exact) mass is 776 g/mol. The molecule has 2 bridgehead atoms. The molecule has 13 nitrogen and oxygen atoms in total. The summed E-state index contributed by atoms with van der Waals surface area (Å²) in [6.07, 6.45) is 2.61. The number of nitrogens with one attached hydrogen (secondary N) is 1. The first kappa shape index (κ1) is 39.1. The largest absolute Gasteiger partial charge is 0.508 e. The topological polar surface area (TPSA) is 164 Å². The second kappa shape index (κ2) is 15.6. The number of fused-ring (bicyclic) bond motifs is 4. The second-order valence-corrected chi connectivity index (χ2v) is 15.3. The number of nitrogens with zero attached hydrogens (tertiary/aromatic N) is 5. The Kier molecular flexibility index (Phi) is 11.1. The summed E-state index contributed by atoms with van der Waals surface area (Å²) >= 11 is 0. The van der Waals surface area contributed by atoms with E-state index in [1.807, 2.05) is 51.7 Å². The van der Waals surface area contributed by atoms with Gasteiger partial charge in [-0.25, -0.2) is 9.18 Å². The SMILES string of the molecule is CC.CC(C)(C)OC(=O)N1C2CCC1CN(c1nc(OCCNC(=O)c3ccc(S(=O)(=O)F)cc3)nc3c(F)c(-c4cc(O)cc5ccccc45)ncc13)C2. The van der Waals surface area contributed by atoms with Crippen LogP contribution in [0.1, 0.15) is 57.8 Å². The predicted octanol–water partition coefficient (Wildman–Crippen LogP) is 6.77. The standard InChI is InChI=1S/C37H36F2N6O7S.C2H6/c1-37(2,3)52-36(48)45-23-10-11-24(45)20-44(19-23)33-29-18-41-31(28-17-25(46)16-22-6-4-5-7-27(22)28)30(38)32(29)42-35(43-33)51-15-14-40-34(47)21-8-12-26(13-9-21)53(39,49)50;1-2/h4-9,12-13,16-18,23-24,46H,10-11,14-15,19-20H2,1-3H3,(H,40,47);1-2H3. The third kappa shape index (κ3) is 8.38. The molecule has 2 N–H and O–H groups in total. The van der Waals surface area contributed by atoms with Crippen LogP contribution in [0.5, 0.6) is 11.8 Å². The summed E-state index contributed by atoms with van der Waals surface area (Å²) < 4.78 is 63.7. The van der Waals surface area contributed by atoms with Crippen LogP contribution in [0.15, 0.2) is 71.8 Å². The number of amides is 2. The number of pyridine rings is 1. The van der Waals surface area contributed by atoms with Crippen molar-refractivity contribution in [1.29, 1.82) is 0 Å². The van der Waals surface area contributed by atoms with Gasteiger partial charge in [-0.1, -0.05) is 38.1 Å². The quantitative estimate of drug-likeness (QED) is 0.126. The zero-order valence-corrected chi connectivity index (χ0v) is 31.9. The maximum absolute atomic E-state index is 16.7. The van der Waals surface area contributed by atoms with Crippen LogP contribution in [0.3, 0.4) is 0 Å². The van der Waals surface area contributed by atoms with E-state index in [9.17, 15) is 27.0 Å². The Morgan fingerprint density at radius 3 is 2.31 bits per heavy atom.